The number of halogens is 6. The number of amides is 2. The molecule has 1 heterocycles. The molecule has 168 valence electrons. The molecule has 1 aromatic carbocycles. The van der Waals surface area contributed by atoms with Gasteiger partial charge in [0.05, 0.1) is 17.7 Å². The van der Waals surface area contributed by atoms with Gasteiger partial charge < -0.3 is 14.9 Å². The number of esters is 1. The van der Waals surface area contributed by atoms with Crippen molar-refractivity contribution in [2.24, 2.45) is 5.73 Å². The Morgan fingerprint density at radius 2 is 1.52 bits per heavy atom. The first-order valence-corrected chi connectivity index (χ1v) is 8.38. The molecule has 0 unspecified atom stereocenters. The van der Waals surface area contributed by atoms with Gasteiger partial charge in [-0.2, -0.15) is 26.3 Å². The van der Waals surface area contributed by atoms with E-state index in [0.29, 0.717) is 0 Å². The van der Waals surface area contributed by atoms with E-state index in [0.717, 1.165) is 0 Å². The number of primary amides is 1. The van der Waals surface area contributed by atoms with Crippen molar-refractivity contribution in [2.75, 3.05) is 11.9 Å². The number of alkyl halides is 6. The van der Waals surface area contributed by atoms with Crippen molar-refractivity contribution >= 4 is 23.7 Å². The van der Waals surface area contributed by atoms with Crippen molar-refractivity contribution in [3.05, 3.63) is 51.8 Å². The Morgan fingerprint density at radius 3 is 1.94 bits per heavy atom. The molecule has 0 saturated carbocycles. The van der Waals surface area contributed by atoms with Crippen LogP contribution in [0.2, 0.25) is 0 Å². The van der Waals surface area contributed by atoms with Gasteiger partial charge in [-0.25, -0.2) is 4.79 Å². The lowest BCUT2D eigenvalue weighted by Gasteiger charge is -2.14. The minimum absolute atomic E-state index is 0.0895. The molecule has 2 aromatic rings. The van der Waals surface area contributed by atoms with Crippen LogP contribution in [0, 0.1) is 6.92 Å². The lowest BCUT2D eigenvalue weighted by atomic mass is 10.0. The van der Waals surface area contributed by atoms with E-state index in [-0.39, 0.29) is 30.6 Å². The highest BCUT2D eigenvalue weighted by atomic mass is 19.4. The lowest BCUT2D eigenvalue weighted by molar-refractivity contribution is -0.143. The summed E-state index contributed by atoms with van der Waals surface area (Å²) in [5, 5.41) is 1.87. The minimum Gasteiger partial charge on any atom is -0.462 e. The Morgan fingerprint density at radius 1 is 1.00 bits per heavy atom. The maximum atomic E-state index is 13.0. The van der Waals surface area contributed by atoms with Crippen LogP contribution < -0.4 is 11.1 Å². The number of hydrogen-bond acceptors (Lipinski definition) is 5. The van der Waals surface area contributed by atoms with Gasteiger partial charge in [0.25, 0.3) is 11.8 Å². The van der Waals surface area contributed by atoms with E-state index >= 15 is 0 Å². The highest BCUT2D eigenvalue weighted by molar-refractivity contribution is 6.12. The molecule has 0 fully saturated rings. The number of carbonyl (C=O) groups excluding carboxylic acids is 3. The number of rotatable bonds is 5. The summed E-state index contributed by atoms with van der Waals surface area (Å²) in [7, 11) is 0. The van der Waals surface area contributed by atoms with Crippen molar-refractivity contribution in [1.29, 1.82) is 0 Å². The van der Waals surface area contributed by atoms with Crippen molar-refractivity contribution < 1.29 is 49.9 Å². The highest BCUT2D eigenvalue weighted by Gasteiger charge is 2.38. The fourth-order valence-corrected chi connectivity index (χ4v) is 2.58. The zero-order valence-electron chi connectivity index (χ0n) is 15.8. The molecule has 1 aromatic heterocycles. The molecule has 7 nitrogen and oxygen atoms in total. The number of furan rings is 1. The molecule has 2 amide bonds. The van der Waals surface area contributed by atoms with Crippen molar-refractivity contribution in [2.45, 2.75) is 26.2 Å². The van der Waals surface area contributed by atoms with Crippen LogP contribution in [-0.2, 0) is 17.1 Å². The minimum atomic E-state index is -5.17. The molecule has 2 rings (SSSR count). The Kier molecular flexibility index (Phi) is 6.38. The van der Waals surface area contributed by atoms with Gasteiger partial charge in [-0.1, -0.05) is 0 Å². The van der Waals surface area contributed by atoms with Gasteiger partial charge >= 0.3 is 18.3 Å². The summed E-state index contributed by atoms with van der Waals surface area (Å²) in [6, 6.07) is 0.231. The Balaban J connectivity index is 2.54. The first kappa shape index (κ1) is 23.8. The molecule has 13 heteroatoms. The van der Waals surface area contributed by atoms with E-state index in [2.05, 4.69) is 0 Å². The topological polar surface area (TPSA) is 112 Å². The molecule has 3 N–H and O–H groups in total. The monoisotopic (exact) mass is 452 g/mol. The summed E-state index contributed by atoms with van der Waals surface area (Å²) in [4.78, 5) is 36.2. The zero-order valence-corrected chi connectivity index (χ0v) is 15.8. The van der Waals surface area contributed by atoms with Crippen LogP contribution in [0.1, 0.15) is 54.9 Å². The van der Waals surface area contributed by atoms with Crippen molar-refractivity contribution in [3.8, 4) is 0 Å². The molecule has 0 aliphatic rings. The van der Waals surface area contributed by atoms with Crippen LogP contribution in [-0.4, -0.2) is 24.4 Å². The van der Waals surface area contributed by atoms with Gasteiger partial charge in [-0.15, -0.1) is 0 Å². The fourth-order valence-electron chi connectivity index (χ4n) is 2.58. The van der Waals surface area contributed by atoms with Gasteiger partial charge in [-0.05, 0) is 32.0 Å². The van der Waals surface area contributed by atoms with Crippen LogP contribution in [0.15, 0.2) is 22.6 Å². The van der Waals surface area contributed by atoms with Gasteiger partial charge in [0.2, 0.25) is 5.88 Å². The van der Waals surface area contributed by atoms with Gasteiger partial charge in [-0.3, -0.25) is 14.9 Å². The first-order chi connectivity index (χ1) is 14.2. The van der Waals surface area contributed by atoms with Crippen LogP contribution in [0.3, 0.4) is 0 Å². The summed E-state index contributed by atoms with van der Waals surface area (Å²) in [6.45, 7) is 2.58. The Labute approximate surface area is 170 Å². The molecular weight excluding hydrogens is 438 g/mol. The van der Waals surface area contributed by atoms with Gasteiger partial charge in [0, 0.05) is 5.56 Å². The molecule has 0 atom stereocenters. The third-order valence-corrected chi connectivity index (χ3v) is 3.89. The van der Waals surface area contributed by atoms with E-state index in [4.69, 9.17) is 14.9 Å². The zero-order chi connectivity index (χ0) is 23.7. The number of carbonyl (C=O) groups is 3. The average Bonchev–Trinajstić information content (AvgIpc) is 2.96. The molecule has 0 aliphatic carbocycles. The summed E-state index contributed by atoms with van der Waals surface area (Å²) < 4.78 is 87.7. The molecule has 0 radical (unpaired) electrons. The van der Waals surface area contributed by atoms with Crippen molar-refractivity contribution in [3.63, 3.8) is 0 Å². The molecule has 0 bridgehead atoms. The maximum absolute atomic E-state index is 13.0. The second-order valence-electron chi connectivity index (χ2n) is 6.07. The summed E-state index contributed by atoms with van der Waals surface area (Å²) in [6.07, 6.45) is -10.3. The summed E-state index contributed by atoms with van der Waals surface area (Å²) >= 11 is 0. The predicted octanol–water partition coefficient (Wildman–Crippen LogP) is 4.15. The standard InChI is InChI=1S/C18H14F6N2O5/c1-3-30-16(29)11-7(2)31-15(12(11)13(25)27)26-14(28)8-4-9(17(19,20)21)6-10(5-8)18(22,23)24/h4-6H,3H2,1-2H3,(H2,25,27)(H,26,28). The average molecular weight is 452 g/mol. The van der Waals surface area contributed by atoms with E-state index in [1.54, 1.807) is 0 Å². The third kappa shape index (κ3) is 5.16. The SMILES string of the molecule is CCOC(=O)c1c(C)oc(NC(=O)c2cc(C(F)(F)F)cc(C(F)(F)F)c2)c1C(N)=O. The maximum Gasteiger partial charge on any atom is 0.416 e. The lowest BCUT2D eigenvalue weighted by Crippen LogP contribution is -2.21. The normalized spacial score (nSPS) is 11.9. The molecule has 0 saturated heterocycles. The Bertz CT molecular complexity index is 1010. The number of nitrogens with one attached hydrogen (secondary N) is 1. The number of aryl methyl sites for hydroxylation is 1. The van der Waals surface area contributed by atoms with Crippen LogP contribution >= 0.6 is 0 Å². The summed E-state index contributed by atoms with van der Waals surface area (Å²) in [5.74, 6) is -4.71. The van der Waals surface area contributed by atoms with Gasteiger partial charge in [0.1, 0.15) is 16.9 Å². The number of hydrogen-bond donors (Lipinski definition) is 2. The van der Waals surface area contributed by atoms with E-state index < -0.39 is 63.8 Å². The quantitative estimate of drug-likeness (QED) is 0.523. The predicted molar refractivity (Wildman–Crippen MR) is 92.3 cm³/mol. The fraction of sp³-hybridized carbons (Fsp3) is 0.278. The van der Waals surface area contributed by atoms with Crippen molar-refractivity contribution in [1.82, 2.24) is 0 Å². The summed E-state index contributed by atoms with van der Waals surface area (Å²) in [5.41, 5.74) is -0.360. The van der Waals surface area contributed by atoms with E-state index in [1.807, 2.05) is 5.32 Å². The highest BCUT2D eigenvalue weighted by Crippen LogP contribution is 2.36. The Hall–Kier alpha value is -3.51. The number of ether oxygens (including phenoxy) is 1. The molecule has 31 heavy (non-hydrogen) atoms. The van der Waals surface area contributed by atoms with Crippen LogP contribution in [0.5, 0.6) is 0 Å². The second-order valence-corrected chi connectivity index (χ2v) is 6.07. The smallest absolute Gasteiger partial charge is 0.416 e. The second kappa shape index (κ2) is 8.32. The van der Waals surface area contributed by atoms with Gasteiger partial charge in [0.15, 0.2) is 0 Å². The largest absolute Gasteiger partial charge is 0.462 e. The number of anilines is 1. The number of benzene rings is 1. The number of nitrogens with two attached hydrogens (primary N) is 1. The van der Waals surface area contributed by atoms with E-state index in [9.17, 15) is 40.7 Å². The van der Waals surface area contributed by atoms with Crippen LogP contribution in [0.4, 0.5) is 32.2 Å². The van der Waals surface area contributed by atoms with Crippen LogP contribution in [0.25, 0.3) is 0 Å². The third-order valence-electron chi connectivity index (χ3n) is 3.89. The van der Waals surface area contributed by atoms with E-state index in [1.165, 1.54) is 13.8 Å². The molecule has 0 aliphatic heterocycles. The molecular formula is C18H14F6N2O5. The first-order valence-electron chi connectivity index (χ1n) is 8.38. The molecule has 0 spiro atoms.